The summed E-state index contributed by atoms with van der Waals surface area (Å²) in [6.07, 6.45) is 30.9. The molecule has 0 saturated carbocycles. The van der Waals surface area contributed by atoms with Crippen molar-refractivity contribution < 1.29 is 24.2 Å². The summed E-state index contributed by atoms with van der Waals surface area (Å²) < 4.78 is 12.3. The third-order valence-electron chi connectivity index (χ3n) is 10.1. The molecular weight excluding hydrogens is 669 g/mol. The van der Waals surface area contributed by atoms with E-state index < -0.39 is 6.29 Å². The Hall–Kier alpha value is -0.830. The zero-order chi connectivity index (χ0) is 38.5. The molecule has 1 amide bonds. The second kappa shape index (κ2) is 38.4. The Balaban J connectivity index is 5.07. The van der Waals surface area contributed by atoms with Gasteiger partial charge in [-0.2, -0.15) is 0 Å². The van der Waals surface area contributed by atoms with Crippen molar-refractivity contribution in [2.45, 2.75) is 232 Å². The average molecular weight is 757 g/mol. The minimum atomic E-state index is -0.808. The lowest BCUT2D eigenvalue weighted by molar-refractivity contribution is -0.150. The number of hydrogen-bond donors (Lipinski definition) is 1. The van der Waals surface area contributed by atoms with E-state index in [1.54, 1.807) is 0 Å². The highest BCUT2D eigenvalue weighted by Crippen LogP contribution is 2.21. The molecule has 0 spiro atoms. The minimum absolute atomic E-state index is 0.0127. The summed E-state index contributed by atoms with van der Waals surface area (Å²) in [5.74, 6) is 0.648. The normalized spacial score (nSPS) is 12.3. The SMILES string of the molecule is CCCCCCCC(CCCCCCC)OC(=O)CCCN(CCCC(O)OC(CCCCCCC)CCCCCCC)C(=O)SCCCN(C)C. The molecule has 0 radical (unpaired) electrons. The van der Waals surface area contributed by atoms with E-state index in [0.717, 1.165) is 70.1 Å². The van der Waals surface area contributed by atoms with Gasteiger partial charge in [-0.1, -0.05) is 155 Å². The molecule has 0 aromatic carbocycles. The lowest BCUT2D eigenvalue weighted by Crippen LogP contribution is -2.32. The van der Waals surface area contributed by atoms with Gasteiger partial charge < -0.3 is 24.4 Å². The van der Waals surface area contributed by atoms with Crippen LogP contribution in [0.4, 0.5) is 4.79 Å². The third-order valence-corrected chi connectivity index (χ3v) is 11.1. The molecule has 7 nitrogen and oxygen atoms in total. The average Bonchev–Trinajstić information content (AvgIpc) is 3.11. The summed E-state index contributed by atoms with van der Waals surface area (Å²) in [5, 5.41) is 11.0. The fourth-order valence-electron chi connectivity index (χ4n) is 6.78. The quantitative estimate of drug-likeness (QED) is 0.0380. The molecule has 0 heterocycles. The van der Waals surface area contributed by atoms with Crippen LogP contribution in [-0.2, 0) is 14.3 Å². The molecule has 0 aromatic rings. The molecule has 0 saturated heterocycles. The van der Waals surface area contributed by atoms with Gasteiger partial charge in [0.25, 0.3) is 5.24 Å². The zero-order valence-corrected chi connectivity index (χ0v) is 36.3. The van der Waals surface area contributed by atoms with Crippen LogP contribution in [0.3, 0.4) is 0 Å². The topological polar surface area (TPSA) is 79.3 Å². The first-order valence-electron chi connectivity index (χ1n) is 22.4. The molecule has 1 atom stereocenters. The van der Waals surface area contributed by atoms with Gasteiger partial charge >= 0.3 is 5.97 Å². The molecule has 0 bridgehead atoms. The minimum Gasteiger partial charge on any atom is -0.462 e. The molecule has 0 aliphatic rings. The lowest BCUT2D eigenvalue weighted by atomic mass is 10.0. The number of esters is 1. The van der Waals surface area contributed by atoms with E-state index in [1.807, 2.05) is 4.90 Å². The summed E-state index contributed by atoms with van der Waals surface area (Å²) in [4.78, 5) is 30.4. The number of carbonyl (C=O) groups is 2. The van der Waals surface area contributed by atoms with E-state index >= 15 is 0 Å². The molecule has 310 valence electrons. The van der Waals surface area contributed by atoms with Gasteiger partial charge in [0.1, 0.15) is 6.10 Å². The van der Waals surface area contributed by atoms with E-state index in [-0.39, 0.29) is 23.4 Å². The van der Waals surface area contributed by atoms with Crippen molar-refractivity contribution in [3.63, 3.8) is 0 Å². The van der Waals surface area contributed by atoms with Gasteiger partial charge in [-0.15, -0.1) is 0 Å². The maximum atomic E-state index is 13.3. The predicted octanol–water partition coefficient (Wildman–Crippen LogP) is 12.7. The molecule has 0 aliphatic carbocycles. The van der Waals surface area contributed by atoms with E-state index in [1.165, 1.54) is 114 Å². The number of unbranched alkanes of at least 4 members (excludes halogenated alkanes) is 16. The Morgan fingerprint density at radius 1 is 0.538 bits per heavy atom. The number of hydrogen-bond acceptors (Lipinski definition) is 7. The van der Waals surface area contributed by atoms with Gasteiger partial charge in [0.2, 0.25) is 0 Å². The van der Waals surface area contributed by atoms with Gasteiger partial charge in [-0.05, 0) is 84.8 Å². The number of ether oxygens (including phenoxy) is 2. The Bertz CT molecular complexity index is 758. The summed E-state index contributed by atoms with van der Waals surface area (Å²) >= 11 is 1.37. The number of rotatable bonds is 39. The number of nitrogens with zero attached hydrogens (tertiary/aromatic N) is 2. The molecule has 1 unspecified atom stereocenters. The van der Waals surface area contributed by atoms with Crippen molar-refractivity contribution in [2.24, 2.45) is 0 Å². The molecule has 0 fully saturated rings. The highest BCUT2D eigenvalue weighted by atomic mass is 32.2. The van der Waals surface area contributed by atoms with Gasteiger partial charge in [0, 0.05) is 25.3 Å². The van der Waals surface area contributed by atoms with Gasteiger partial charge in [0.15, 0.2) is 6.29 Å². The number of thioether (sulfide) groups is 1. The highest BCUT2D eigenvalue weighted by molar-refractivity contribution is 8.13. The first-order valence-corrected chi connectivity index (χ1v) is 23.3. The van der Waals surface area contributed by atoms with Crippen LogP contribution in [0.1, 0.15) is 214 Å². The summed E-state index contributed by atoms with van der Waals surface area (Å²) in [7, 11) is 4.11. The Labute approximate surface area is 327 Å². The van der Waals surface area contributed by atoms with Gasteiger partial charge in [-0.3, -0.25) is 9.59 Å². The van der Waals surface area contributed by atoms with Gasteiger partial charge in [-0.25, -0.2) is 0 Å². The summed E-state index contributed by atoms with van der Waals surface area (Å²) in [5.41, 5.74) is 0. The van der Waals surface area contributed by atoms with E-state index in [4.69, 9.17) is 9.47 Å². The first kappa shape index (κ1) is 51.2. The van der Waals surface area contributed by atoms with Crippen LogP contribution in [0.5, 0.6) is 0 Å². The monoisotopic (exact) mass is 757 g/mol. The van der Waals surface area contributed by atoms with Crippen LogP contribution >= 0.6 is 11.8 Å². The van der Waals surface area contributed by atoms with Gasteiger partial charge in [0.05, 0.1) is 6.10 Å². The molecule has 0 aromatic heterocycles. The molecule has 52 heavy (non-hydrogen) atoms. The highest BCUT2D eigenvalue weighted by Gasteiger charge is 2.19. The Kier molecular flexibility index (Phi) is 37.8. The van der Waals surface area contributed by atoms with Crippen LogP contribution in [0, 0.1) is 0 Å². The predicted molar refractivity (Wildman–Crippen MR) is 225 cm³/mol. The number of carbonyl (C=O) groups excluding carboxylic acids is 2. The van der Waals surface area contributed by atoms with Crippen LogP contribution in [0.25, 0.3) is 0 Å². The van der Waals surface area contributed by atoms with Crippen molar-refractivity contribution in [3.8, 4) is 0 Å². The number of amides is 1. The zero-order valence-electron chi connectivity index (χ0n) is 35.4. The van der Waals surface area contributed by atoms with Crippen molar-refractivity contribution in [1.29, 1.82) is 0 Å². The van der Waals surface area contributed by atoms with Crippen LogP contribution in [0.15, 0.2) is 0 Å². The summed E-state index contributed by atoms with van der Waals surface area (Å²) in [6, 6.07) is 0. The molecule has 8 heteroatoms. The molecular formula is C44H88N2O5S. The van der Waals surface area contributed by atoms with Crippen molar-refractivity contribution in [2.75, 3.05) is 39.5 Å². The van der Waals surface area contributed by atoms with Crippen LogP contribution in [0.2, 0.25) is 0 Å². The smallest absolute Gasteiger partial charge is 0.306 e. The molecule has 0 rings (SSSR count). The standard InChI is InChI=1S/C44H88N2O5S/c1-7-11-15-19-23-30-40(31-24-20-16-12-8-2)50-42(47)34-27-37-46(44(49)52-39-29-36-45(5)6)38-28-35-43(48)51-41(32-25-21-17-13-9-3)33-26-22-18-14-10-4/h40-42,47H,7-39H2,1-6H3. The Morgan fingerprint density at radius 3 is 1.44 bits per heavy atom. The number of aliphatic hydroxyl groups excluding tert-OH is 1. The maximum Gasteiger partial charge on any atom is 0.306 e. The van der Waals surface area contributed by atoms with Crippen LogP contribution < -0.4 is 0 Å². The molecule has 0 aliphatic heterocycles. The van der Waals surface area contributed by atoms with Crippen molar-refractivity contribution in [3.05, 3.63) is 0 Å². The first-order chi connectivity index (χ1) is 25.3. The lowest BCUT2D eigenvalue weighted by Gasteiger charge is -2.25. The van der Waals surface area contributed by atoms with E-state index in [2.05, 4.69) is 46.7 Å². The fraction of sp³-hybridized carbons (Fsp3) is 0.955. The van der Waals surface area contributed by atoms with Crippen molar-refractivity contribution in [1.82, 2.24) is 9.80 Å². The maximum absolute atomic E-state index is 13.3. The molecule has 1 N–H and O–H groups in total. The third kappa shape index (κ3) is 33.7. The summed E-state index contributed by atoms with van der Waals surface area (Å²) in [6.45, 7) is 11.0. The second-order valence-corrected chi connectivity index (χ2v) is 16.7. The Morgan fingerprint density at radius 2 is 0.981 bits per heavy atom. The number of aliphatic hydroxyl groups is 1. The fourth-order valence-corrected chi connectivity index (χ4v) is 7.59. The van der Waals surface area contributed by atoms with Crippen molar-refractivity contribution >= 4 is 23.0 Å². The van der Waals surface area contributed by atoms with E-state index in [9.17, 15) is 14.7 Å². The largest absolute Gasteiger partial charge is 0.462 e. The van der Waals surface area contributed by atoms with Crippen LogP contribution in [-0.4, -0.2) is 84.1 Å². The van der Waals surface area contributed by atoms with E-state index in [0.29, 0.717) is 38.8 Å². The second-order valence-electron chi connectivity index (χ2n) is 15.6.